The van der Waals surface area contributed by atoms with E-state index in [1.165, 1.54) is 83.5 Å². The third-order valence-electron chi connectivity index (χ3n) is 14.4. The molecule has 0 saturated carbocycles. The first-order chi connectivity index (χ1) is 29.4. The first kappa shape index (κ1) is 42.4. The fraction of sp³-hybridized carbons (Fsp3) is 0.556. The monoisotopic (exact) mass is 808 g/mol. The van der Waals surface area contributed by atoms with Gasteiger partial charge in [0.1, 0.15) is 5.49 Å². The summed E-state index contributed by atoms with van der Waals surface area (Å²) >= 11 is 0. The summed E-state index contributed by atoms with van der Waals surface area (Å²) in [4.78, 5) is 51.3. The molecule has 2 amide bonds. The highest BCUT2D eigenvalue weighted by atomic mass is 16.2. The molecule has 2 aliphatic rings. The Bertz CT molecular complexity index is 2500. The zero-order valence-electron chi connectivity index (χ0n) is 37.2. The lowest BCUT2D eigenvalue weighted by Gasteiger charge is -2.35. The summed E-state index contributed by atoms with van der Waals surface area (Å²) in [7, 11) is 0. The number of aromatic nitrogens is 1. The Kier molecular flexibility index (Phi) is 13.5. The van der Waals surface area contributed by atoms with E-state index in [9.17, 15) is 14.4 Å². The summed E-state index contributed by atoms with van der Waals surface area (Å²) < 4.78 is 2.08. The molecule has 6 heteroatoms. The second-order valence-electron chi connectivity index (χ2n) is 18.5. The fourth-order valence-corrected chi connectivity index (χ4v) is 11.2. The minimum Gasteiger partial charge on any atom is -0.287 e. The van der Waals surface area contributed by atoms with Gasteiger partial charge in [-0.2, -0.15) is 0 Å². The van der Waals surface area contributed by atoms with Crippen LogP contribution in [0, 0.1) is 0 Å². The maximum atomic E-state index is 14.8. The van der Waals surface area contributed by atoms with E-state index in [1.54, 1.807) is 4.90 Å². The average molecular weight is 808 g/mol. The standard InChI is InChI=1S/C54H69N3O3/c1-5-9-13-17-20-24-36(25-21-18-14-10-6-2)56-52(58)43-34-30-39-37-28-32-41-49-42(33-29-38(47(37)49)40-31-35-44(53(56)59)50(43)48(39)40)54(60)57-46(27-23-19-15-11-7-3)45(55-51(41)57)26-22-16-12-8-4/h28-36,45-46H,5-27H2,1-4H3. The van der Waals surface area contributed by atoms with Crippen LogP contribution in [0.25, 0.3) is 53.9 Å². The highest BCUT2D eigenvalue weighted by Crippen LogP contribution is 2.46. The van der Waals surface area contributed by atoms with Crippen molar-refractivity contribution in [3.63, 3.8) is 0 Å². The van der Waals surface area contributed by atoms with Crippen LogP contribution in [0.3, 0.4) is 0 Å². The van der Waals surface area contributed by atoms with E-state index in [2.05, 4.69) is 62.6 Å². The first-order valence-corrected chi connectivity index (χ1v) is 24.4. The Balaban J connectivity index is 1.21. The van der Waals surface area contributed by atoms with E-state index in [1.807, 2.05) is 18.2 Å². The number of carbonyl (C=O) groups excluding carboxylic acids is 2. The Labute approximate surface area is 357 Å². The van der Waals surface area contributed by atoms with Gasteiger partial charge < -0.3 is 0 Å². The topological polar surface area (TPSA) is 71.7 Å². The van der Waals surface area contributed by atoms with Crippen LogP contribution in [-0.2, 0) is 0 Å². The van der Waals surface area contributed by atoms with Gasteiger partial charge in [-0.1, -0.05) is 174 Å². The Morgan fingerprint density at radius 3 is 1.43 bits per heavy atom. The van der Waals surface area contributed by atoms with Gasteiger partial charge >= 0.3 is 0 Å². The fourth-order valence-electron chi connectivity index (χ4n) is 11.2. The number of hydrogen-bond donors (Lipinski definition) is 0. The molecule has 0 bridgehead atoms. The van der Waals surface area contributed by atoms with Gasteiger partial charge in [-0.05, 0) is 82.3 Å². The largest absolute Gasteiger partial charge is 0.287 e. The Morgan fingerprint density at radius 2 is 0.883 bits per heavy atom. The molecule has 0 fully saturated rings. The summed E-state index contributed by atoms with van der Waals surface area (Å²) in [5.41, 5.74) is 2.21. The zero-order chi connectivity index (χ0) is 41.8. The summed E-state index contributed by atoms with van der Waals surface area (Å²) in [6.07, 6.45) is 26.2. The Morgan fingerprint density at radius 1 is 0.467 bits per heavy atom. The predicted molar refractivity (Wildman–Crippen MR) is 252 cm³/mol. The Hall–Kier alpha value is -4.32. The molecule has 0 N–H and O–H groups in total. The second kappa shape index (κ2) is 19.2. The van der Waals surface area contributed by atoms with Crippen LogP contribution >= 0.6 is 0 Å². The quantitative estimate of drug-likeness (QED) is 0.0265. The molecule has 0 aliphatic carbocycles. The number of fused-ring (bicyclic) bond motifs is 4. The SMILES string of the molecule is CCCCCCCC(CCCCCCC)N1C(=O)c2ccc3c4ccc5c(=O)n6c(c7ccc(c8ccc(c2c38)C1=O)c4c57)=NC(CCCCCC)C6CCCCCCC. The molecule has 6 nitrogen and oxygen atoms in total. The minimum absolute atomic E-state index is 0.0807. The molecule has 0 radical (unpaired) electrons. The molecule has 318 valence electrons. The van der Waals surface area contributed by atoms with E-state index < -0.39 is 0 Å². The van der Waals surface area contributed by atoms with Gasteiger partial charge in [0.25, 0.3) is 17.4 Å². The van der Waals surface area contributed by atoms with Crippen LogP contribution in [0.4, 0.5) is 0 Å². The van der Waals surface area contributed by atoms with Crippen molar-refractivity contribution >= 4 is 65.7 Å². The van der Waals surface area contributed by atoms with Gasteiger partial charge in [-0.25, -0.2) is 0 Å². The normalized spacial score (nSPS) is 16.6. The van der Waals surface area contributed by atoms with Gasteiger partial charge in [0, 0.05) is 38.7 Å². The van der Waals surface area contributed by atoms with Crippen LogP contribution in [-0.4, -0.2) is 33.4 Å². The van der Waals surface area contributed by atoms with Crippen molar-refractivity contribution in [2.24, 2.45) is 4.99 Å². The second-order valence-corrected chi connectivity index (χ2v) is 18.5. The molecule has 2 aliphatic heterocycles. The number of unbranched alkanes of at least 4 members (excludes halogenated alkanes) is 15. The van der Waals surface area contributed by atoms with Crippen LogP contribution in [0.15, 0.2) is 58.3 Å². The molecule has 2 unspecified atom stereocenters. The highest BCUT2D eigenvalue weighted by molar-refractivity contribution is 6.40. The van der Waals surface area contributed by atoms with E-state index in [0.29, 0.717) is 11.1 Å². The molecule has 1 aromatic heterocycles. The maximum absolute atomic E-state index is 14.8. The maximum Gasteiger partial charge on any atom is 0.261 e. The average Bonchev–Trinajstić information content (AvgIpc) is 3.63. The van der Waals surface area contributed by atoms with Crippen LogP contribution in [0.1, 0.15) is 202 Å². The van der Waals surface area contributed by atoms with Crippen LogP contribution in [0.5, 0.6) is 0 Å². The lowest BCUT2D eigenvalue weighted by atomic mass is 9.83. The van der Waals surface area contributed by atoms with Gasteiger partial charge in [0.2, 0.25) is 0 Å². The van der Waals surface area contributed by atoms with Crippen molar-refractivity contribution in [2.75, 3.05) is 0 Å². The highest BCUT2D eigenvalue weighted by Gasteiger charge is 2.38. The molecule has 5 aromatic carbocycles. The molecule has 0 spiro atoms. The van der Waals surface area contributed by atoms with Gasteiger partial charge in [0.05, 0.1) is 12.1 Å². The number of imide groups is 1. The number of rotatable bonds is 24. The van der Waals surface area contributed by atoms with Crippen molar-refractivity contribution in [3.8, 4) is 0 Å². The molecular formula is C54H69N3O3. The van der Waals surface area contributed by atoms with E-state index in [-0.39, 0.29) is 35.5 Å². The number of hydrogen-bond acceptors (Lipinski definition) is 4. The summed E-state index contributed by atoms with van der Waals surface area (Å²) in [5, 5.41) is 9.85. The van der Waals surface area contributed by atoms with Gasteiger partial charge in [-0.3, -0.25) is 28.8 Å². The lowest BCUT2D eigenvalue weighted by Crippen LogP contribution is -2.47. The number of nitrogens with zero attached hydrogens (tertiary/aromatic N) is 3. The van der Waals surface area contributed by atoms with Crippen molar-refractivity contribution in [3.05, 3.63) is 75.5 Å². The van der Waals surface area contributed by atoms with Crippen molar-refractivity contribution < 1.29 is 9.59 Å². The van der Waals surface area contributed by atoms with Crippen molar-refractivity contribution in [1.82, 2.24) is 9.47 Å². The van der Waals surface area contributed by atoms with E-state index in [4.69, 9.17) is 4.99 Å². The van der Waals surface area contributed by atoms with E-state index in [0.717, 1.165) is 124 Å². The minimum atomic E-state index is -0.145. The van der Waals surface area contributed by atoms with Crippen molar-refractivity contribution in [1.29, 1.82) is 0 Å². The predicted octanol–water partition coefficient (Wildman–Crippen LogP) is 14.3. The first-order valence-electron chi connectivity index (χ1n) is 24.4. The zero-order valence-corrected chi connectivity index (χ0v) is 37.2. The number of pyridine rings is 1. The molecular weight excluding hydrogens is 739 g/mol. The third kappa shape index (κ3) is 7.75. The molecule has 0 saturated heterocycles. The number of carbonyl (C=O) groups is 2. The molecule has 6 aromatic rings. The summed E-state index contributed by atoms with van der Waals surface area (Å²) in [6.45, 7) is 8.98. The van der Waals surface area contributed by atoms with Gasteiger partial charge in [-0.15, -0.1) is 0 Å². The molecule has 3 heterocycles. The van der Waals surface area contributed by atoms with Crippen molar-refractivity contribution in [2.45, 2.75) is 193 Å². The van der Waals surface area contributed by atoms with E-state index >= 15 is 0 Å². The summed E-state index contributed by atoms with van der Waals surface area (Å²) in [6, 6.07) is 16.9. The smallest absolute Gasteiger partial charge is 0.261 e. The number of amides is 2. The molecule has 60 heavy (non-hydrogen) atoms. The van der Waals surface area contributed by atoms with Crippen LogP contribution in [0.2, 0.25) is 0 Å². The lowest BCUT2D eigenvalue weighted by molar-refractivity contribution is 0.0517. The summed E-state index contributed by atoms with van der Waals surface area (Å²) in [5.74, 6) is -0.290. The molecule has 8 rings (SSSR count). The van der Waals surface area contributed by atoms with Crippen LogP contribution < -0.4 is 11.0 Å². The molecule has 2 atom stereocenters. The number of benzene rings is 5. The third-order valence-corrected chi connectivity index (χ3v) is 14.4. The van der Waals surface area contributed by atoms with Gasteiger partial charge in [0.15, 0.2) is 0 Å².